The number of rotatable bonds is 3. The van der Waals surface area contributed by atoms with E-state index in [1.807, 2.05) is 0 Å². The van der Waals surface area contributed by atoms with Crippen LogP contribution in [0.3, 0.4) is 0 Å². The van der Waals surface area contributed by atoms with Crippen molar-refractivity contribution in [3.05, 3.63) is 59.4 Å². The van der Waals surface area contributed by atoms with Crippen molar-refractivity contribution in [1.29, 1.82) is 0 Å². The van der Waals surface area contributed by atoms with Crippen LogP contribution in [0.15, 0.2) is 42.5 Å². The summed E-state index contributed by atoms with van der Waals surface area (Å²) in [6.45, 7) is 1.53. The molecule has 0 saturated heterocycles. The van der Waals surface area contributed by atoms with Crippen LogP contribution < -0.4 is 10.5 Å². The Morgan fingerprint density at radius 1 is 1.00 bits per heavy atom. The summed E-state index contributed by atoms with van der Waals surface area (Å²) < 4.78 is 57.8. The zero-order valence-corrected chi connectivity index (χ0v) is 11.1. The fourth-order valence-electron chi connectivity index (χ4n) is 1.96. The molecule has 2 N–H and O–H groups in total. The quantitative estimate of drug-likeness (QED) is 0.837. The summed E-state index contributed by atoms with van der Waals surface area (Å²) in [6.07, 6.45) is -4.56. The summed E-state index contributed by atoms with van der Waals surface area (Å²) in [7, 11) is 0. The minimum atomic E-state index is -4.56. The molecule has 0 saturated carbocycles. The molecule has 0 aromatic heterocycles. The molecule has 2 rings (SSSR count). The van der Waals surface area contributed by atoms with Crippen LogP contribution in [-0.2, 0) is 6.18 Å². The summed E-state index contributed by atoms with van der Waals surface area (Å²) >= 11 is 0. The molecule has 0 aliphatic rings. The van der Waals surface area contributed by atoms with Gasteiger partial charge in [-0.15, -0.1) is 0 Å². The van der Waals surface area contributed by atoms with Gasteiger partial charge in [0.1, 0.15) is 17.3 Å². The molecular weight excluding hydrogens is 286 g/mol. The third-order valence-corrected chi connectivity index (χ3v) is 2.88. The zero-order chi connectivity index (χ0) is 15.6. The number of hydrogen-bond donors (Lipinski definition) is 1. The van der Waals surface area contributed by atoms with Crippen LogP contribution in [0.1, 0.15) is 24.1 Å². The molecule has 21 heavy (non-hydrogen) atoms. The van der Waals surface area contributed by atoms with Gasteiger partial charge >= 0.3 is 6.18 Å². The first-order valence-electron chi connectivity index (χ1n) is 6.18. The lowest BCUT2D eigenvalue weighted by molar-refractivity contribution is -0.138. The molecule has 0 radical (unpaired) electrons. The van der Waals surface area contributed by atoms with Gasteiger partial charge < -0.3 is 10.5 Å². The van der Waals surface area contributed by atoms with Gasteiger partial charge in [0, 0.05) is 11.6 Å². The van der Waals surface area contributed by atoms with Crippen LogP contribution in [0.25, 0.3) is 0 Å². The molecule has 112 valence electrons. The molecule has 0 aliphatic heterocycles. The highest BCUT2D eigenvalue weighted by Gasteiger charge is 2.34. The highest BCUT2D eigenvalue weighted by Crippen LogP contribution is 2.39. The fourth-order valence-corrected chi connectivity index (χ4v) is 1.96. The van der Waals surface area contributed by atoms with Gasteiger partial charge in [0.25, 0.3) is 0 Å². The maximum absolute atomic E-state index is 13.8. The molecule has 0 amide bonds. The van der Waals surface area contributed by atoms with Gasteiger partial charge in [-0.05, 0) is 31.2 Å². The largest absolute Gasteiger partial charge is 0.456 e. The van der Waals surface area contributed by atoms with Gasteiger partial charge in [0.2, 0.25) is 0 Å². The van der Waals surface area contributed by atoms with Gasteiger partial charge in [-0.2, -0.15) is 13.2 Å². The fraction of sp³-hybridized carbons (Fsp3) is 0.200. The van der Waals surface area contributed by atoms with Crippen molar-refractivity contribution in [1.82, 2.24) is 0 Å². The Bertz CT molecular complexity index is 638. The SMILES string of the molecule is C[C@@H](N)c1c(F)cccc1Oc1ccccc1C(F)(F)F. The molecular formula is C15H13F4NO. The maximum Gasteiger partial charge on any atom is 0.419 e. The molecule has 0 aliphatic carbocycles. The van der Waals surface area contributed by atoms with Crippen molar-refractivity contribution in [3.8, 4) is 11.5 Å². The molecule has 0 heterocycles. The first-order chi connectivity index (χ1) is 9.80. The summed E-state index contributed by atoms with van der Waals surface area (Å²) in [6, 6.07) is 7.96. The minimum absolute atomic E-state index is 0.0262. The smallest absolute Gasteiger partial charge is 0.419 e. The summed E-state index contributed by atoms with van der Waals surface area (Å²) in [5, 5.41) is 0. The first-order valence-corrected chi connectivity index (χ1v) is 6.18. The second kappa shape index (κ2) is 5.73. The van der Waals surface area contributed by atoms with Crippen LogP contribution in [0, 0.1) is 5.82 Å². The highest BCUT2D eigenvalue weighted by atomic mass is 19.4. The average molecular weight is 299 g/mol. The number of benzene rings is 2. The lowest BCUT2D eigenvalue weighted by Gasteiger charge is -2.17. The van der Waals surface area contributed by atoms with Crippen molar-refractivity contribution >= 4 is 0 Å². The van der Waals surface area contributed by atoms with Gasteiger partial charge in [0.05, 0.1) is 5.56 Å². The summed E-state index contributed by atoms with van der Waals surface area (Å²) in [5.41, 5.74) is 4.76. The van der Waals surface area contributed by atoms with E-state index in [-0.39, 0.29) is 11.3 Å². The van der Waals surface area contributed by atoms with E-state index in [1.54, 1.807) is 0 Å². The van der Waals surface area contributed by atoms with Crippen molar-refractivity contribution in [2.45, 2.75) is 19.1 Å². The van der Waals surface area contributed by atoms with Gasteiger partial charge in [-0.25, -0.2) is 4.39 Å². The highest BCUT2D eigenvalue weighted by molar-refractivity contribution is 5.43. The van der Waals surface area contributed by atoms with Crippen LogP contribution >= 0.6 is 0 Å². The standard InChI is InChI=1S/C15H13F4NO/c1-9(20)14-11(16)6-4-8-13(14)21-12-7-3-2-5-10(12)15(17,18)19/h2-9H,20H2,1H3/t9-/m1/s1. The zero-order valence-electron chi connectivity index (χ0n) is 11.1. The number of hydrogen-bond acceptors (Lipinski definition) is 2. The Balaban J connectivity index is 2.47. The Kier molecular flexibility index (Phi) is 4.18. The topological polar surface area (TPSA) is 35.2 Å². The number of halogens is 4. The number of nitrogens with two attached hydrogens (primary N) is 1. The van der Waals surface area contributed by atoms with E-state index in [4.69, 9.17) is 10.5 Å². The van der Waals surface area contributed by atoms with E-state index in [9.17, 15) is 17.6 Å². The second-order valence-electron chi connectivity index (χ2n) is 4.54. The van der Waals surface area contributed by atoms with Crippen molar-refractivity contribution in [2.75, 3.05) is 0 Å². The van der Waals surface area contributed by atoms with E-state index in [2.05, 4.69) is 0 Å². The molecule has 6 heteroatoms. The van der Waals surface area contributed by atoms with Crippen LogP contribution in [0.5, 0.6) is 11.5 Å². The maximum atomic E-state index is 13.8. The van der Waals surface area contributed by atoms with Crippen LogP contribution in [-0.4, -0.2) is 0 Å². The third kappa shape index (κ3) is 3.33. The normalized spacial score (nSPS) is 13.0. The van der Waals surface area contributed by atoms with Crippen molar-refractivity contribution in [2.24, 2.45) is 5.73 Å². The monoisotopic (exact) mass is 299 g/mol. The van der Waals surface area contributed by atoms with E-state index in [1.165, 1.54) is 43.3 Å². The minimum Gasteiger partial charge on any atom is -0.456 e. The van der Waals surface area contributed by atoms with E-state index in [0.717, 1.165) is 6.07 Å². The Hall–Kier alpha value is -2.08. The Morgan fingerprint density at radius 3 is 2.24 bits per heavy atom. The van der Waals surface area contributed by atoms with Gasteiger partial charge in [0.15, 0.2) is 0 Å². The molecule has 0 bridgehead atoms. The van der Waals surface area contributed by atoms with Crippen molar-refractivity contribution < 1.29 is 22.3 Å². The summed E-state index contributed by atoms with van der Waals surface area (Å²) in [4.78, 5) is 0. The third-order valence-electron chi connectivity index (χ3n) is 2.88. The van der Waals surface area contributed by atoms with Gasteiger partial charge in [-0.1, -0.05) is 18.2 Å². The number of ether oxygens (including phenoxy) is 1. The lowest BCUT2D eigenvalue weighted by atomic mass is 10.1. The molecule has 1 atom stereocenters. The predicted molar refractivity (Wildman–Crippen MR) is 70.5 cm³/mol. The van der Waals surface area contributed by atoms with Crippen LogP contribution in [0.4, 0.5) is 17.6 Å². The molecule has 2 nitrogen and oxygen atoms in total. The Labute approximate surface area is 119 Å². The molecule has 0 unspecified atom stereocenters. The van der Waals surface area contributed by atoms with E-state index in [0.29, 0.717) is 0 Å². The molecule has 2 aromatic carbocycles. The first kappa shape index (κ1) is 15.3. The van der Waals surface area contributed by atoms with E-state index >= 15 is 0 Å². The molecule has 0 spiro atoms. The lowest BCUT2D eigenvalue weighted by Crippen LogP contribution is -2.11. The predicted octanol–water partition coefficient (Wildman–Crippen LogP) is 4.66. The summed E-state index contributed by atoms with van der Waals surface area (Å²) in [5.74, 6) is -1.04. The van der Waals surface area contributed by atoms with E-state index < -0.39 is 29.3 Å². The number of alkyl halides is 3. The Morgan fingerprint density at radius 2 is 1.62 bits per heavy atom. The molecule has 2 aromatic rings. The van der Waals surface area contributed by atoms with Crippen molar-refractivity contribution in [3.63, 3.8) is 0 Å². The average Bonchev–Trinajstić information content (AvgIpc) is 2.37. The van der Waals surface area contributed by atoms with Gasteiger partial charge in [-0.3, -0.25) is 0 Å². The number of para-hydroxylation sites is 1. The second-order valence-corrected chi connectivity index (χ2v) is 4.54. The van der Waals surface area contributed by atoms with Crippen LogP contribution in [0.2, 0.25) is 0 Å². The molecule has 0 fully saturated rings.